The summed E-state index contributed by atoms with van der Waals surface area (Å²) in [6, 6.07) is 0. The number of carboxylic acids is 1. The smallest absolute Gasteiger partial charge is 0.354 e. The number of amides is 1. The fourth-order valence-electron chi connectivity index (χ4n) is 1.92. The van der Waals surface area contributed by atoms with E-state index in [1.807, 2.05) is 0 Å². The SMILES string of the molecule is COC1(CNC(=O)c2nc[nH]c2C(=O)O)CCOC1. The summed E-state index contributed by atoms with van der Waals surface area (Å²) in [7, 11) is 1.55. The molecule has 0 spiro atoms. The van der Waals surface area contributed by atoms with E-state index in [0.29, 0.717) is 19.6 Å². The molecular formula is C11H15N3O5. The lowest BCUT2D eigenvalue weighted by Gasteiger charge is -2.25. The van der Waals surface area contributed by atoms with E-state index in [1.165, 1.54) is 6.33 Å². The highest BCUT2D eigenvalue weighted by Gasteiger charge is 2.35. The van der Waals surface area contributed by atoms with Crippen LogP contribution in [-0.2, 0) is 9.47 Å². The molecule has 1 saturated heterocycles. The van der Waals surface area contributed by atoms with Gasteiger partial charge in [0.05, 0.1) is 12.9 Å². The van der Waals surface area contributed by atoms with E-state index in [-0.39, 0.29) is 17.9 Å². The largest absolute Gasteiger partial charge is 0.477 e. The van der Waals surface area contributed by atoms with Gasteiger partial charge in [-0.1, -0.05) is 0 Å². The number of imidazole rings is 1. The molecule has 8 heteroatoms. The maximum absolute atomic E-state index is 11.9. The Kier molecular flexibility index (Phi) is 3.82. The number of carboxylic acid groups (broad SMARTS) is 1. The second-order valence-corrected chi connectivity index (χ2v) is 4.30. The minimum absolute atomic E-state index is 0.141. The number of aromatic carboxylic acids is 1. The van der Waals surface area contributed by atoms with Crippen LogP contribution in [0, 0.1) is 0 Å². The monoisotopic (exact) mass is 269 g/mol. The quantitative estimate of drug-likeness (QED) is 0.673. The number of ether oxygens (including phenoxy) is 2. The molecule has 1 aliphatic rings. The second kappa shape index (κ2) is 5.37. The summed E-state index contributed by atoms with van der Waals surface area (Å²) in [4.78, 5) is 28.9. The van der Waals surface area contributed by atoms with Crippen molar-refractivity contribution < 1.29 is 24.2 Å². The number of aromatic amines is 1. The van der Waals surface area contributed by atoms with Crippen molar-refractivity contribution in [3.05, 3.63) is 17.7 Å². The molecule has 8 nitrogen and oxygen atoms in total. The molecule has 3 N–H and O–H groups in total. The molecule has 0 aliphatic carbocycles. The fourth-order valence-corrected chi connectivity index (χ4v) is 1.92. The van der Waals surface area contributed by atoms with E-state index in [9.17, 15) is 9.59 Å². The number of rotatable bonds is 5. The Morgan fingerprint density at radius 1 is 1.68 bits per heavy atom. The van der Waals surface area contributed by atoms with Crippen LogP contribution in [0.4, 0.5) is 0 Å². The summed E-state index contributed by atoms with van der Waals surface area (Å²) in [5, 5.41) is 11.5. The number of H-pyrrole nitrogens is 1. The number of aromatic nitrogens is 2. The van der Waals surface area contributed by atoms with Crippen LogP contribution in [0.3, 0.4) is 0 Å². The zero-order valence-electron chi connectivity index (χ0n) is 10.4. The molecule has 1 unspecified atom stereocenters. The van der Waals surface area contributed by atoms with Gasteiger partial charge in [0.1, 0.15) is 5.60 Å². The zero-order valence-corrected chi connectivity index (χ0v) is 10.4. The molecule has 0 aromatic carbocycles. The summed E-state index contributed by atoms with van der Waals surface area (Å²) in [6.45, 7) is 1.22. The third-order valence-corrected chi connectivity index (χ3v) is 3.14. The molecular weight excluding hydrogens is 254 g/mol. The molecule has 104 valence electrons. The number of nitrogens with zero attached hydrogens (tertiary/aromatic N) is 1. The number of hydrogen-bond donors (Lipinski definition) is 3. The molecule has 2 rings (SSSR count). The van der Waals surface area contributed by atoms with E-state index in [4.69, 9.17) is 14.6 Å². The van der Waals surface area contributed by atoms with Crippen LogP contribution in [0.5, 0.6) is 0 Å². The van der Waals surface area contributed by atoms with E-state index < -0.39 is 17.5 Å². The number of nitrogens with one attached hydrogen (secondary N) is 2. The van der Waals surface area contributed by atoms with Gasteiger partial charge in [-0.3, -0.25) is 4.79 Å². The lowest BCUT2D eigenvalue weighted by Crippen LogP contribution is -2.45. The molecule has 1 fully saturated rings. The highest BCUT2D eigenvalue weighted by atomic mass is 16.5. The van der Waals surface area contributed by atoms with Crippen LogP contribution < -0.4 is 5.32 Å². The van der Waals surface area contributed by atoms with Crippen LogP contribution >= 0.6 is 0 Å². The molecule has 1 amide bonds. The molecule has 0 bridgehead atoms. The van der Waals surface area contributed by atoms with Crippen LogP contribution in [0.1, 0.15) is 27.4 Å². The van der Waals surface area contributed by atoms with Gasteiger partial charge in [-0.25, -0.2) is 9.78 Å². The van der Waals surface area contributed by atoms with Crippen molar-refractivity contribution in [3.8, 4) is 0 Å². The Labute approximate surface area is 109 Å². The van der Waals surface area contributed by atoms with Gasteiger partial charge in [-0.05, 0) is 0 Å². The van der Waals surface area contributed by atoms with Crippen molar-refractivity contribution in [2.75, 3.05) is 26.9 Å². The average molecular weight is 269 g/mol. The number of hydrogen-bond acceptors (Lipinski definition) is 5. The van der Waals surface area contributed by atoms with Crippen LogP contribution in [-0.4, -0.2) is 59.4 Å². The summed E-state index contributed by atoms with van der Waals surface area (Å²) in [5.41, 5.74) is -0.917. The third-order valence-electron chi connectivity index (χ3n) is 3.14. The van der Waals surface area contributed by atoms with Gasteiger partial charge in [0.15, 0.2) is 11.4 Å². The van der Waals surface area contributed by atoms with E-state index in [1.54, 1.807) is 7.11 Å². The number of methoxy groups -OCH3 is 1. The van der Waals surface area contributed by atoms with Gasteiger partial charge in [-0.2, -0.15) is 0 Å². The second-order valence-electron chi connectivity index (χ2n) is 4.30. The van der Waals surface area contributed by atoms with Crippen molar-refractivity contribution in [2.24, 2.45) is 0 Å². The number of carbonyl (C=O) groups is 2. The third kappa shape index (κ3) is 2.74. The van der Waals surface area contributed by atoms with Crippen LogP contribution in [0.2, 0.25) is 0 Å². The molecule has 1 atom stereocenters. The molecule has 0 saturated carbocycles. The summed E-state index contributed by atoms with van der Waals surface area (Å²) < 4.78 is 10.6. The fraction of sp³-hybridized carbons (Fsp3) is 0.545. The van der Waals surface area contributed by atoms with Crippen molar-refractivity contribution >= 4 is 11.9 Å². The van der Waals surface area contributed by atoms with Crippen molar-refractivity contribution in [1.29, 1.82) is 0 Å². The first kappa shape index (κ1) is 13.5. The summed E-state index contributed by atoms with van der Waals surface area (Å²) in [6.07, 6.45) is 1.85. The Morgan fingerprint density at radius 3 is 3.05 bits per heavy atom. The van der Waals surface area contributed by atoms with Gasteiger partial charge >= 0.3 is 5.97 Å². The Hall–Kier alpha value is -1.93. The van der Waals surface area contributed by atoms with E-state index >= 15 is 0 Å². The normalized spacial score (nSPS) is 22.4. The molecule has 1 aliphatic heterocycles. The lowest BCUT2D eigenvalue weighted by atomic mass is 10.0. The van der Waals surface area contributed by atoms with Gasteiger partial charge < -0.3 is 24.9 Å². The minimum atomic E-state index is -1.23. The van der Waals surface area contributed by atoms with Gasteiger partial charge in [0, 0.05) is 26.7 Å². The van der Waals surface area contributed by atoms with Gasteiger partial charge in [0.25, 0.3) is 5.91 Å². The molecule has 1 aromatic heterocycles. The van der Waals surface area contributed by atoms with Crippen molar-refractivity contribution in [3.63, 3.8) is 0 Å². The standard InChI is InChI=1S/C11H15N3O5/c1-18-11(2-3-19-5-11)4-12-9(15)7-8(10(16)17)14-6-13-7/h6H,2-5H2,1H3,(H,12,15)(H,13,14)(H,16,17). The predicted molar refractivity (Wildman–Crippen MR) is 63.1 cm³/mol. The molecule has 2 heterocycles. The topological polar surface area (TPSA) is 114 Å². The molecule has 19 heavy (non-hydrogen) atoms. The first-order valence-electron chi connectivity index (χ1n) is 5.76. The lowest BCUT2D eigenvalue weighted by molar-refractivity contribution is -0.0149. The van der Waals surface area contributed by atoms with Gasteiger partial charge in [-0.15, -0.1) is 0 Å². The highest BCUT2D eigenvalue weighted by Crippen LogP contribution is 2.21. The minimum Gasteiger partial charge on any atom is -0.477 e. The first-order valence-corrected chi connectivity index (χ1v) is 5.76. The predicted octanol–water partition coefficient (Wildman–Crippen LogP) is -0.357. The Morgan fingerprint density at radius 2 is 2.47 bits per heavy atom. The first-order chi connectivity index (χ1) is 9.08. The molecule has 0 radical (unpaired) electrons. The number of carbonyl (C=O) groups excluding carboxylic acids is 1. The summed E-state index contributed by atoms with van der Waals surface area (Å²) in [5.74, 6) is -1.78. The highest BCUT2D eigenvalue weighted by molar-refractivity contribution is 6.02. The van der Waals surface area contributed by atoms with Crippen LogP contribution in [0.15, 0.2) is 6.33 Å². The maximum Gasteiger partial charge on any atom is 0.354 e. The van der Waals surface area contributed by atoms with E-state index in [0.717, 1.165) is 0 Å². The van der Waals surface area contributed by atoms with Crippen molar-refractivity contribution in [1.82, 2.24) is 15.3 Å². The zero-order chi connectivity index (χ0) is 13.9. The molecule has 1 aromatic rings. The van der Waals surface area contributed by atoms with Crippen molar-refractivity contribution in [2.45, 2.75) is 12.0 Å². The Bertz CT molecular complexity index is 478. The maximum atomic E-state index is 11.9. The average Bonchev–Trinajstić information content (AvgIpc) is 3.05. The van der Waals surface area contributed by atoms with E-state index in [2.05, 4.69) is 15.3 Å². The summed E-state index contributed by atoms with van der Waals surface area (Å²) >= 11 is 0. The Balaban J connectivity index is 2.01. The van der Waals surface area contributed by atoms with Gasteiger partial charge in [0.2, 0.25) is 0 Å². The van der Waals surface area contributed by atoms with Crippen LogP contribution in [0.25, 0.3) is 0 Å².